The van der Waals surface area contributed by atoms with Crippen LogP contribution in [0.25, 0.3) is 0 Å². The van der Waals surface area contributed by atoms with Gasteiger partial charge >= 0.3 is 0 Å². The van der Waals surface area contributed by atoms with Gasteiger partial charge in [-0.05, 0) is 52.9 Å². The lowest BCUT2D eigenvalue weighted by Gasteiger charge is -2.16. The van der Waals surface area contributed by atoms with Crippen LogP contribution in [0.4, 0.5) is 0 Å². The summed E-state index contributed by atoms with van der Waals surface area (Å²) in [6, 6.07) is 3.77. The van der Waals surface area contributed by atoms with Gasteiger partial charge in [-0.15, -0.1) is 0 Å². The van der Waals surface area contributed by atoms with Crippen LogP contribution in [0.3, 0.4) is 0 Å². The average molecular weight is 357 g/mol. The predicted octanol–water partition coefficient (Wildman–Crippen LogP) is 2.22. The van der Waals surface area contributed by atoms with Crippen LogP contribution in [0.2, 0.25) is 0 Å². The molecular formula is C15H21BrN2O3. The van der Waals surface area contributed by atoms with Crippen molar-refractivity contribution >= 4 is 21.8 Å². The molecule has 1 aromatic carbocycles. The van der Waals surface area contributed by atoms with Gasteiger partial charge in [0.1, 0.15) is 0 Å². The van der Waals surface area contributed by atoms with E-state index in [-0.39, 0.29) is 11.9 Å². The van der Waals surface area contributed by atoms with Gasteiger partial charge in [0.05, 0.1) is 24.7 Å². The standard InChI is InChI=1S/C15H21BrN2O3/c1-20-13-8-10(7-11(16)14(13)21-2)9-18-12-5-3-4-6-17-15(12)19/h7-8,12,18H,3-6,9H2,1-2H3,(H,17,19). The molecule has 0 radical (unpaired) electrons. The highest BCUT2D eigenvalue weighted by molar-refractivity contribution is 9.10. The lowest BCUT2D eigenvalue weighted by atomic mass is 10.1. The Hall–Kier alpha value is -1.27. The smallest absolute Gasteiger partial charge is 0.237 e. The third kappa shape index (κ3) is 4.11. The summed E-state index contributed by atoms with van der Waals surface area (Å²) < 4.78 is 11.5. The van der Waals surface area contributed by atoms with Crippen LogP contribution in [-0.4, -0.2) is 32.7 Å². The van der Waals surface area contributed by atoms with Crippen molar-refractivity contribution in [1.82, 2.24) is 10.6 Å². The van der Waals surface area contributed by atoms with Crippen LogP contribution in [0, 0.1) is 0 Å². The van der Waals surface area contributed by atoms with E-state index in [9.17, 15) is 4.79 Å². The summed E-state index contributed by atoms with van der Waals surface area (Å²) in [6.07, 6.45) is 2.98. The number of methoxy groups -OCH3 is 2. The number of hydrogen-bond donors (Lipinski definition) is 2. The van der Waals surface area contributed by atoms with Gasteiger partial charge in [-0.25, -0.2) is 0 Å². The van der Waals surface area contributed by atoms with Crippen molar-refractivity contribution in [2.45, 2.75) is 31.8 Å². The number of ether oxygens (including phenoxy) is 2. The Bertz CT molecular complexity index is 508. The van der Waals surface area contributed by atoms with Crippen molar-refractivity contribution in [3.63, 3.8) is 0 Å². The van der Waals surface area contributed by atoms with E-state index in [1.54, 1.807) is 14.2 Å². The van der Waals surface area contributed by atoms with Crippen LogP contribution >= 0.6 is 15.9 Å². The maximum Gasteiger partial charge on any atom is 0.237 e. The number of nitrogens with one attached hydrogen (secondary N) is 2. The Morgan fingerprint density at radius 3 is 2.86 bits per heavy atom. The second-order valence-electron chi connectivity index (χ2n) is 5.03. The van der Waals surface area contributed by atoms with E-state index in [1.165, 1.54) is 0 Å². The number of halogens is 1. The van der Waals surface area contributed by atoms with Gasteiger partial charge in [0.15, 0.2) is 11.5 Å². The molecule has 1 unspecified atom stereocenters. The zero-order valence-electron chi connectivity index (χ0n) is 12.4. The van der Waals surface area contributed by atoms with E-state index in [0.717, 1.165) is 35.8 Å². The Kier molecular flexibility index (Phi) is 5.87. The monoisotopic (exact) mass is 356 g/mol. The second-order valence-corrected chi connectivity index (χ2v) is 5.89. The van der Waals surface area contributed by atoms with Crippen molar-refractivity contribution in [3.05, 3.63) is 22.2 Å². The topological polar surface area (TPSA) is 59.6 Å². The largest absolute Gasteiger partial charge is 0.493 e. The summed E-state index contributed by atoms with van der Waals surface area (Å²) in [5.74, 6) is 1.44. The SMILES string of the molecule is COc1cc(CNC2CCCCNC2=O)cc(Br)c1OC. The lowest BCUT2D eigenvalue weighted by molar-refractivity contribution is -0.122. The quantitative estimate of drug-likeness (QED) is 0.849. The number of carbonyl (C=O) groups is 1. The predicted molar refractivity (Wildman–Crippen MR) is 84.7 cm³/mol. The first-order chi connectivity index (χ1) is 10.2. The molecule has 2 rings (SSSR count). The van der Waals surface area contributed by atoms with E-state index in [1.807, 2.05) is 12.1 Å². The molecule has 1 heterocycles. The van der Waals surface area contributed by atoms with E-state index < -0.39 is 0 Å². The first-order valence-corrected chi connectivity index (χ1v) is 7.86. The van der Waals surface area contributed by atoms with Crippen LogP contribution in [0.5, 0.6) is 11.5 Å². The van der Waals surface area contributed by atoms with Crippen LogP contribution in [0.1, 0.15) is 24.8 Å². The van der Waals surface area contributed by atoms with Crippen molar-refractivity contribution in [2.24, 2.45) is 0 Å². The fourth-order valence-electron chi connectivity index (χ4n) is 2.45. The van der Waals surface area contributed by atoms with Crippen molar-refractivity contribution < 1.29 is 14.3 Å². The lowest BCUT2D eigenvalue weighted by Crippen LogP contribution is -2.42. The van der Waals surface area contributed by atoms with Gasteiger partial charge in [0, 0.05) is 13.1 Å². The van der Waals surface area contributed by atoms with Gasteiger partial charge in [-0.3, -0.25) is 4.79 Å². The molecule has 5 nitrogen and oxygen atoms in total. The second kappa shape index (κ2) is 7.66. The zero-order valence-corrected chi connectivity index (χ0v) is 14.0. The fraction of sp³-hybridized carbons (Fsp3) is 0.533. The summed E-state index contributed by atoms with van der Waals surface area (Å²) in [5.41, 5.74) is 1.04. The Labute approximate surface area is 133 Å². The molecule has 21 heavy (non-hydrogen) atoms. The van der Waals surface area contributed by atoms with Gasteiger partial charge in [-0.2, -0.15) is 0 Å². The van der Waals surface area contributed by atoms with Crippen LogP contribution in [-0.2, 0) is 11.3 Å². The molecule has 0 saturated carbocycles. The van der Waals surface area contributed by atoms with Crippen LogP contribution < -0.4 is 20.1 Å². The maximum absolute atomic E-state index is 11.9. The van der Waals surface area contributed by atoms with Gasteiger partial charge < -0.3 is 20.1 Å². The Morgan fingerprint density at radius 1 is 1.33 bits per heavy atom. The molecule has 1 atom stereocenters. The minimum Gasteiger partial charge on any atom is -0.493 e. The van der Waals surface area contributed by atoms with Crippen molar-refractivity contribution in [3.8, 4) is 11.5 Å². The summed E-state index contributed by atoms with van der Waals surface area (Å²) in [5, 5.41) is 6.24. The Balaban J connectivity index is 2.05. The minimum atomic E-state index is -0.126. The molecule has 1 aliphatic rings. The highest BCUT2D eigenvalue weighted by Crippen LogP contribution is 2.36. The third-order valence-electron chi connectivity index (χ3n) is 3.58. The summed E-state index contributed by atoms with van der Waals surface area (Å²) in [6.45, 7) is 1.38. The third-order valence-corrected chi connectivity index (χ3v) is 4.17. The molecule has 0 aliphatic carbocycles. The number of hydrogen-bond acceptors (Lipinski definition) is 4. The number of amides is 1. The normalized spacial score (nSPS) is 18.8. The maximum atomic E-state index is 11.9. The van der Waals surface area contributed by atoms with Crippen molar-refractivity contribution in [1.29, 1.82) is 0 Å². The van der Waals surface area contributed by atoms with Crippen LogP contribution in [0.15, 0.2) is 16.6 Å². The van der Waals surface area contributed by atoms with Crippen molar-refractivity contribution in [2.75, 3.05) is 20.8 Å². The average Bonchev–Trinajstić information content (AvgIpc) is 2.69. The highest BCUT2D eigenvalue weighted by atomic mass is 79.9. The Morgan fingerprint density at radius 2 is 2.14 bits per heavy atom. The first kappa shape index (κ1) is 16.1. The molecule has 0 bridgehead atoms. The highest BCUT2D eigenvalue weighted by Gasteiger charge is 2.20. The van der Waals surface area contributed by atoms with Gasteiger partial charge in [0.25, 0.3) is 0 Å². The number of rotatable bonds is 5. The zero-order chi connectivity index (χ0) is 15.2. The van der Waals surface area contributed by atoms with E-state index in [0.29, 0.717) is 18.0 Å². The molecule has 0 aromatic heterocycles. The molecule has 1 fully saturated rings. The summed E-state index contributed by atoms with van der Waals surface area (Å²) in [4.78, 5) is 11.9. The summed E-state index contributed by atoms with van der Waals surface area (Å²) in [7, 11) is 3.22. The molecule has 1 aromatic rings. The molecule has 116 valence electrons. The molecule has 2 N–H and O–H groups in total. The van der Waals surface area contributed by atoms with E-state index in [4.69, 9.17) is 9.47 Å². The fourth-order valence-corrected chi connectivity index (χ4v) is 3.10. The summed E-state index contributed by atoms with van der Waals surface area (Å²) >= 11 is 3.48. The van der Waals surface area contributed by atoms with Gasteiger partial charge in [-0.1, -0.05) is 0 Å². The molecule has 1 amide bonds. The number of benzene rings is 1. The van der Waals surface area contributed by atoms with E-state index >= 15 is 0 Å². The molecule has 1 aliphatic heterocycles. The van der Waals surface area contributed by atoms with E-state index in [2.05, 4.69) is 26.6 Å². The molecule has 0 spiro atoms. The first-order valence-electron chi connectivity index (χ1n) is 7.07. The molecule has 1 saturated heterocycles. The number of carbonyl (C=O) groups excluding carboxylic acids is 1. The molecular weight excluding hydrogens is 336 g/mol. The van der Waals surface area contributed by atoms with Gasteiger partial charge in [0.2, 0.25) is 5.91 Å². The minimum absolute atomic E-state index is 0.0899. The molecule has 6 heteroatoms.